The summed E-state index contributed by atoms with van der Waals surface area (Å²) in [7, 11) is 0. The van der Waals surface area contributed by atoms with Crippen LogP contribution in [0.3, 0.4) is 0 Å². The lowest BCUT2D eigenvalue weighted by Crippen LogP contribution is -2.21. The summed E-state index contributed by atoms with van der Waals surface area (Å²) in [5.41, 5.74) is 6.57. The Morgan fingerprint density at radius 3 is 1.73 bits per heavy atom. The standard InChI is InChI=1S/C40H22N2O3/c43-39-29-15-5-7-17-32(29)41-33-18-9-16-30(38(33)40(44)42(39)41)37-27-13-3-1-11-25(27)36(26-12-2-4-14-28(26)37)23-20-21-35-31(22-23)24-10-6-8-19-34(24)45-35/h1-22H. The number of rotatable bonds is 2. The fourth-order valence-corrected chi connectivity index (χ4v) is 7.44. The monoisotopic (exact) mass is 578 g/mol. The number of benzene rings is 7. The number of furan rings is 1. The van der Waals surface area contributed by atoms with Gasteiger partial charge in [0.25, 0.3) is 11.1 Å². The second-order valence-electron chi connectivity index (χ2n) is 11.6. The minimum Gasteiger partial charge on any atom is -0.456 e. The molecule has 0 saturated heterocycles. The molecule has 210 valence electrons. The van der Waals surface area contributed by atoms with Gasteiger partial charge in [-0.1, -0.05) is 97.1 Å². The molecule has 0 spiro atoms. The highest BCUT2D eigenvalue weighted by Crippen LogP contribution is 2.45. The van der Waals surface area contributed by atoms with E-state index in [2.05, 4.69) is 60.7 Å². The van der Waals surface area contributed by atoms with E-state index in [9.17, 15) is 9.59 Å². The van der Waals surface area contributed by atoms with Crippen LogP contribution in [0.4, 0.5) is 0 Å². The molecule has 5 heteroatoms. The zero-order valence-electron chi connectivity index (χ0n) is 23.8. The van der Waals surface area contributed by atoms with Crippen LogP contribution in [0.5, 0.6) is 0 Å². The smallest absolute Gasteiger partial charge is 0.283 e. The van der Waals surface area contributed by atoms with Crippen LogP contribution in [-0.2, 0) is 0 Å². The maximum absolute atomic E-state index is 14.2. The highest BCUT2D eigenvalue weighted by atomic mass is 16.3. The van der Waals surface area contributed by atoms with E-state index < -0.39 is 0 Å². The van der Waals surface area contributed by atoms with Crippen LogP contribution in [0.15, 0.2) is 147 Å². The zero-order valence-corrected chi connectivity index (χ0v) is 23.8. The van der Waals surface area contributed by atoms with Gasteiger partial charge in [0.2, 0.25) is 0 Å². The summed E-state index contributed by atoms with van der Waals surface area (Å²) < 4.78 is 9.19. The maximum Gasteiger partial charge on any atom is 0.283 e. The second-order valence-corrected chi connectivity index (χ2v) is 11.6. The van der Waals surface area contributed by atoms with E-state index in [0.717, 1.165) is 71.3 Å². The summed E-state index contributed by atoms with van der Waals surface area (Å²) in [6.07, 6.45) is 0. The molecule has 0 radical (unpaired) electrons. The molecule has 0 unspecified atom stereocenters. The van der Waals surface area contributed by atoms with E-state index in [1.54, 1.807) is 10.6 Å². The van der Waals surface area contributed by atoms with Crippen molar-refractivity contribution in [2.75, 3.05) is 0 Å². The van der Waals surface area contributed by atoms with Gasteiger partial charge in [-0.05, 0) is 80.2 Å². The number of para-hydroxylation sites is 2. The SMILES string of the molecule is O=c1c2ccccc2n2c3cccc(-c4c5ccccc5c(-c5ccc6oc7ccccc7c6c5)c5ccccc45)c3c(=O)n12. The van der Waals surface area contributed by atoms with E-state index in [1.165, 1.54) is 4.52 Å². The summed E-state index contributed by atoms with van der Waals surface area (Å²) in [5, 5.41) is 7.49. The van der Waals surface area contributed by atoms with Crippen molar-refractivity contribution in [3.05, 3.63) is 154 Å². The molecule has 0 aliphatic rings. The summed E-state index contributed by atoms with van der Waals surface area (Å²) in [5.74, 6) is 0. The Kier molecular flexibility index (Phi) is 4.68. The van der Waals surface area contributed by atoms with E-state index in [4.69, 9.17) is 4.42 Å². The Morgan fingerprint density at radius 1 is 0.422 bits per heavy atom. The fourth-order valence-electron chi connectivity index (χ4n) is 7.44. The summed E-state index contributed by atoms with van der Waals surface area (Å²) in [6, 6.07) is 44.6. The molecule has 45 heavy (non-hydrogen) atoms. The van der Waals surface area contributed by atoms with Crippen molar-refractivity contribution in [2.45, 2.75) is 0 Å². The molecule has 0 amide bonds. The first-order chi connectivity index (χ1) is 22.2. The first-order valence-corrected chi connectivity index (χ1v) is 15.0. The van der Waals surface area contributed by atoms with Crippen molar-refractivity contribution < 1.29 is 4.42 Å². The number of fused-ring (bicyclic) bond motifs is 10. The first kappa shape index (κ1) is 24.3. The van der Waals surface area contributed by atoms with Gasteiger partial charge in [-0.15, -0.1) is 0 Å². The Balaban J connectivity index is 1.35. The molecule has 10 rings (SSSR count). The zero-order chi connectivity index (χ0) is 29.8. The highest BCUT2D eigenvalue weighted by molar-refractivity contribution is 6.24. The molecule has 0 saturated carbocycles. The second kappa shape index (κ2) is 8.68. The van der Waals surface area contributed by atoms with Crippen LogP contribution < -0.4 is 11.1 Å². The van der Waals surface area contributed by atoms with Gasteiger partial charge in [-0.25, -0.2) is 4.52 Å². The van der Waals surface area contributed by atoms with E-state index in [1.807, 2.05) is 66.7 Å². The van der Waals surface area contributed by atoms with Crippen molar-refractivity contribution in [3.8, 4) is 22.3 Å². The lowest BCUT2D eigenvalue weighted by molar-refractivity contribution is 0.669. The van der Waals surface area contributed by atoms with Crippen LogP contribution in [0, 0.1) is 0 Å². The molecular weight excluding hydrogens is 556 g/mol. The largest absolute Gasteiger partial charge is 0.456 e. The summed E-state index contributed by atoms with van der Waals surface area (Å²) >= 11 is 0. The molecule has 0 aliphatic carbocycles. The van der Waals surface area contributed by atoms with E-state index in [-0.39, 0.29) is 11.1 Å². The van der Waals surface area contributed by atoms with Gasteiger partial charge in [-0.3, -0.25) is 9.59 Å². The number of hydrogen-bond acceptors (Lipinski definition) is 3. The van der Waals surface area contributed by atoms with Crippen LogP contribution in [0.25, 0.3) is 87.5 Å². The van der Waals surface area contributed by atoms with Gasteiger partial charge in [0, 0.05) is 10.8 Å². The Morgan fingerprint density at radius 2 is 1.00 bits per heavy atom. The maximum atomic E-state index is 14.2. The molecule has 0 bridgehead atoms. The molecular formula is C40H22N2O3. The molecule has 5 nitrogen and oxygen atoms in total. The predicted octanol–water partition coefficient (Wildman–Crippen LogP) is 9.04. The molecule has 10 aromatic rings. The Hall–Kier alpha value is -6.20. The third-order valence-corrected chi connectivity index (χ3v) is 9.30. The fraction of sp³-hybridized carbons (Fsp3) is 0. The van der Waals surface area contributed by atoms with Gasteiger partial charge < -0.3 is 4.42 Å². The molecule has 0 aliphatic heterocycles. The van der Waals surface area contributed by atoms with Crippen molar-refractivity contribution >= 4 is 65.3 Å². The number of aromatic nitrogens is 2. The van der Waals surface area contributed by atoms with E-state index in [0.29, 0.717) is 16.3 Å². The van der Waals surface area contributed by atoms with Gasteiger partial charge in [-0.2, -0.15) is 4.52 Å². The Labute approximate surface area is 254 Å². The van der Waals surface area contributed by atoms with Crippen molar-refractivity contribution in [2.24, 2.45) is 0 Å². The minimum atomic E-state index is -0.309. The van der Waals surface area contributed by atoms with Crippen molar-refractivity contribution in [1.82, 2.24) is 9.03 Å². The molecule has 0 fully saturated rings. The van der Waals surface area contributed by atoms with Crippen molar-refractivity contribution in [1.29, 1.82) is 0 Å². The van der Waals surface area contributed by atoms with Crippen molar-refractivity contribution in [3.63, 3.8) is 0 Å². The van der Waals surface area contributed by atoms with Gasteiger partial charge in [0.15, 0.2) is 0 Å². The normalized spacial score (nSPS) is 12.2. The number of hydrogen-bond donors (Lipinski definition) is 0. The third-order valence-electron chi connectivity index (χ3n) is 9.30. The van der Waals surface area contributed by atoms with Crippen LogP contribution in [0.1, 0.15) is 0 Å². The molecule has 0 N–H and O–H groups in total. The van der Waals surface area contributed by atoms with E-state index >= 15 is 0 Å². The van der Waals surface area contributed by atoms with Crippen LogP contribution in [-0.4, -0.2) is 9.03 Å². The average molecular weight is 579 g/mol. The summed E-state index contributed by atoms with van der Waals surface area (Å²) in [6.45, 7) is 0. The van der Waals surface area contributed by atoms with Gasteiger partial charge >= 0.3 is 0 Å². The topological polar surface area (TPSA) is 56.1 Å². The minimum absolute atomic E-state index is 0.301. The Bertz CT molecular complexity index is 2920. The van der Waals surface area contributed by atoms with Crippen LogP contribution in [0.2, 0.25) is 0 Å². The highest BCUT2D eigenvalue weighted by Gasteiger charge is 2.23. The third kappa shape index (κ3) is 3.11. The lowest BCUT2D eigenvalue weighted by atomic mass is 9.85. The average Bonchev–Trinajstić information content (AvgIpc) is 3.71. The lowest BCUT2D eigenvalue weighted by Gasteiger charge is -2.18. The molecule has 3 heterocycles. The predicted molar refractivity (Wildman–Crippen MR) is 183 cm³/mol. The number of nitrogens with zero attached hydrogens (tertiary/aromatic N) is 2. The molecule has 0 atom stereocenters. The summed E-state index contributed by atoms with van der Waals surface area (Å²) in [4.78, 5) is 27.6. The quantitative estimate of drug-likeness (QED) is 0.192. The van der Waals surface area contributed by atoms with Crippen LogP contribution >= 0.6 is 0 Å². The first-order valence-electron chi connectivity index (χ1n) is 15.0. The van der Waals surface area contributed by atoms with Gasteiger partial charge in [0.1, 0.15) is 11.2 Å². The molecule has 3 aromatic heterocycles. The molecule has 7 aromatic carbocycles. The van der Waals surface area contributed by atoms with Gasteiger partial charge in [0.05, 0.1) is 21.8 Å².